The molecule has 1 heterocycles. The Bertz CT molecular complexity index is 467. The van der Waals surface area contributed by atoms with Gasteiger partial charge in [0.05, 0.1) is 0 Å². The van der Waals surface area contributed by atoms with E-state index in [1.165, 1.54) is 11.1 Å². The van der Waals surface area contributed by atoms with Gasteiger partial charge < -0.3 is 5.32 Å². The number of pyridine rings is 1. The van der Waals surface area contributed by atoms with Crippen molar-refractivity contribution in [1.82, 2.24) is 10.3 Å². The summed E-state index contributed by atoms with van der Waals surface area (Å²) < 4.78 is 0. The summed E-state index contributed by atoms with van der Waals surface area (Å²) in [4.78, 5) is 4.20. The van der Waals surface area contributed by atoms with Crippen LogP contribution in [-0.4, -0.2) is 18.1 Å². The first-order valence-electron chi connectivity index (χ1n) is 6.96. The van der Waals surface area contributed by atoms with Gasteiger partial charge in [0.25, 0.3) is 0 Å². The summed E-state index contributed by atoms with van der Waals surface area (Å²) in [7, 11) is 2.05. The molecule has 0 bridgehead atoms. The molecule has 100 valence electrons. The quantitative estimate of drug-likeness (QED) is 0.854. The summed E-state index contributed by atoms with van der Waals surface area (Å²) in [6.45, 7) is 2.26. The number of aromatic nitrogens is 1. The van der Waals surface area contributed by atoms with Crippen LogP contribution >= 0.6 is 0 Å². The molecule has 0 amide bonds. The van der Waals surface area contributed by atoms with Gasteiger partial charge in [-0.15, -0.1) is 0 Å². The van der Waals surface area contributed by atoms with Crippen LogP contribution in [-0.2, 0) is 6.42 Å². The molecule has 1 aromatic carbocycles. The number of rotatable bonds is 6. The summed E-state index contributed by atoms with van der Waals surface area (Å²) in [6.07, 6.45) is 5.93. The first kappa shape index (κ1) is 13.8. The van der Waals surface area contributed by atoms with Crippen molar-refractivity contribution in [3.05, 3.63) is 66.0 Å². The van der Waals surface area contributed by atoms with Gasteiger partial charge in [0.2, 0.25) is 0 Å². The van der Waals surface area contributed by atoms with Crippen LogP contribution in [0.1, 0.15) is 30.4 Å². The molecule has 2 atom stereocenters. The predicted molar refractivity (Wildman–Crippen MR) is 80.3 cm³/mol. The molecule has 19 heavy (non-hydrogen) atoms. The van der Waals surface area contributed by atoms with Gasteiger partial charge in [0, 0.05) is 18.4 Å². The average Bonchev–Trinajstić information content (AvgIpc) is 2.49. The van der Waals surface area contributed by atoms with E-state index in [1.807, 2.05) is 25.5 Å². The fourth-order valence-electron chi connectivity index (χ4n) is 2.67. The minimum Gasteiger partial charge on any atom is -0.316 e. The summed E-state index contributed by atoms with van der Waals surface area (Å²) in [5.41, 5.74) is 2.70. The lowest BCUT2D eigenvalue weighted by Crippen LogP contribution is -2.34. The van der Waals surface area contributed by atoms with Gasteiger partial charge in [0.1, 0.15) is 0 Å². The highest BCUT2D eigenvalue weighted by Crippen LogP contribution is 2.25. The summed E-state index contributed by atoms with van der Waals surface area (Å²) in [5.74, 6) is 0.534. The first-order valence-corrected chi connectivity index (χ1v) is 6.96. The van der Waals surface area contributed by atoms with Gasteiger partial charge in [0.15, 0.2) is 0 Å². The standard InChI is InChI=1S/C17H22N2/c1-3-16(15-9-5-4-6-10-15)17(18-2)12-14-8-7-11-19-13-14/h4-11,13,16-18H,3,12H2,1-2H3. The maximum absolute atomic E-state index is 4.20. The van der Waals surface area contributed by atoms with Gasteiger partial charge in [-0.1, -0.05) is 43.3 Å². The van der Waals surface area contributed by atoms with Crippen molar-refractivity contribution in [2.24, 2.45) is 0 Å². The van der Waals surface area contributed by atoms with Crippen molar-refractivity contribution in [2.75, 3.05) is 7.05 Å². The van der Waals surface area contributed by atoms with Crippen LogP contribution in [0.15, 0.2) is 54.9 Å². The summed E-state index contributed by atoms with van der Waals surface area (Å²) in [6, 6.07) is 15.4. The number of hydrogen-bond acceptors (Lipinski definition) is 2. The topological polar surface area (TPSA) is 24.9 Å². The molecule has 2 nitrogen and oxygen atoms in total. The van der Waals surface area contributed by atoms with E-state index in [9.17, 15) is 0 Å². The highest BCUT2D eigenvalue weighted by atomic mass is 14.9. The Morgan fingerprint density at radius 3 is 2.47 bits per heavy atom. The molecule has 2 unspecified atom stereocenters. The molecule has 0 aliphatic heterocycles. The van der Waals surface area contributed by atoms with E-state index in [0.717, 1.165) is 12.8 Å². The fourth-order valence-corrected chi connectivity index (χ4v) is 2.67. The van der Waals surface area contributed by atoms with Gasteiger partial charge in [-0.05, 0) is 43.0 Å². The molecule has 0 radical (unpaired) electrons. The monoisotopic (exact) mass is 254 g/mol. The van der Waals surface area contributed by atoms with Crippen molar-refractivity contribution in [3.8, 4) is 0 Å². The Balaban J connectivity index is 2.15. The van der Waals surface area contributed by atoms with Crippen molar-refractivity contribution in [3.63, 3.8) is 0 Å². The molecular formula is C17H22N2. The van der Waals surface area contributed by atoms with Crippen LogP contribution < -0.4 is 5.32 Å². The van der Waals surface area contributed by atoms with Crippen LogP contribution in [0.3, 0.4) is 0 Å². The zero-order chi connectivity index (χ0) is 13.5. The van der Waals surface area contributed by atoms with E-state index in [4.69, 9.17) is 0 Å². The van der Waals surface area contributed by atoms with Crippen LogP contribution in [0.25, 0.3) is 0 Å². The second kappa shape index (κ2) is 7.05. The zero-order valence-electron chi connectivity index (χ0n) is 11.7. The number of nitrogens with one attached hydrogen (secondary N) is 1. The first-order chi connectivity index (χ1) is 9.35. The van der Waals surface area contributed by atoms with Gasteiger partial charge >= 0.3 is 0 Å². The van der Waals surface area contributed by atoms with Crippen molar-refractivity contribution in [2.45, 2.75) is 31.7 Å². The minimum atomic E-state index is 0.441. The van der Waals surface area contributed by atoms with E-state index in [1.54, 1.807) is 0 Å². The Kier molecular flexibility index (Phi) is 5.10. The summed E-state index contributed by atoms with van der Waals surface area (Å²) in [5, 5.41) is 3.47. The number of likely N-dealkylation sites (N-methyl/N-ethyl adjacent to an activating group) is 1. The Labute approximate surface area is 115 Å². The van der Waals surface area contributed by atoms with Crippen LogP contribution in [0.4, 0.5) is 0 Å². The lowest BCUT2D eigenvalue weighted by atomic mass is 9.86. The SMILES string of the molecule is CCC(c1ccccc1)C(Cc1cccnc1)NC. The molecule has 2 heteroatoms. The third-order valence-electron chi connectivity index (χ3n) is 3.70. The molecule has 0 saturated carbocycles. The van der Waals surface area contributed by atoms with Gasteiger partial charge in [-0.2, -0.15) is 0 Å². The van der Waals surface area contributed by atoms with E-state index in [0.29, 0.717) is 12.0 Å². The maximum atomic E-state index is 4.20. The lowest BCUT2D eigenvalue weighted by Gasteiger charge is -2.26. The highest BCUT2D eigenvalue weighted by molar-refractivity contribution is 5.22. The molecule has 1 N–H and O–H groups in total. The Hall–Kier alpha value is -1.67. The maximum Gasteiger partial charge on any atom is 0.0300 e. The lowest BCUT2D eigenvalue weighted by molar-refractivity contribution is 0.448. The second-order valence-corrected chi connectivity index (χ2v) is 4.89. The summed E-state index contributed by atoms with van der Waals surface area (Å²) >= 11 is 0. The number of hydrogen-bond donors (Lipinski definition) is 1. The number of benzene rings is 1. The largest absolute Gasteiger partial charge is 0.316 e. The van der Waals surface area contributed by atoms with E-state index in [-0.39, 0.29) is 0 Å². The van der Waals surface area contributed by atoms with E-state index < -0.39 is 0 Å². The van der Waals surface area contributed by atoms with Crippen molar-refractivity contribution < 1.29 is 0 Å². The second-order valence-electron chi connectivity index (χ2n) is 4.89. The van der Waals surface area contributed by atoms with E-state index in [2.05, 4.69) is 53.6 Å². The normalized spacial score (nSPS) is 14.0. The van der Waals surface area contributed by atoms with Crippen molar-refractivity contribution in [1.29, 1.82) is 0 Å². The third kappa shape index (κ3) is 3.65. The molecule has 0 spiro atoms. The average molecular weight is 254 g/mol. The molecule has 2 rings (SSSR count). The molecule has 0 aliphatic carbocycles. The van der Waals surface area contributed by atoms with Gasteiger partial charge in [-0.3, -0.25) is 4.98 Å². The molecule has 2 aromatic rings. The predicted octanol–water partition coefficient (Wildman–Crippen LogP) is 3.41. The highest BCUT2D eigenvalue weighted by Gasteiger charge is 2.20. The van der Waals surface area contributed by atoms with Gasteiger partial charge in [-0.25, -0.2) is 0 Å². The zero-order valence-corrected chi connectivity index (χ0v) is 11.7. The van der Waals surface area contributed by atoms with Crippen molar-refractivity contribution >= 4 is 0 Å². The smallest absolute Gasteiger partial charge is 0.0300 e. The van der Waals surface area contributed by atoms with Crippen LogP contribution in [0, 0.1) is 0 Å². The number of nitrogens with zero attached hydrogens (tertiary/aromatic N) is 1. The Morgan fingerprint density at radius 1 is 1.11 bits per heavy atom. The molecule has 0 saturated heterocycles. The molecule has 0 fully saturated rings. The molecule has 1 aromatic heterocycles. The fraction of sp³-hybridized carbons (Fsp3) is 0.353. The minimum absolute atomic E-state index is 0.441. The third-order valence-corrected chi connectivity index (χ3v) is 3.70. The van der Waals surface area contributed by atoms with Crippen LogP contribution in [0.2, 0.25) is 0 Å². The Morgan fingerprint density at radius 2 is 1.89 bits per heavy atom. The molecular weight excluding hydrogens is 232 g/mol. The van der Waals surface area contributed by atoms with Crippen LogP contribution in [0.5, 0.6) is 0 Å². The molecule has 0 aliphatic rings. The van der Waals surface area contributed by atoms with E-state index >= 15 is 0 Å².